The second kappa shape index (κ2) is 101. The number of halogens is 3. The molecule has 0 bridgehead atoms. The first-order valence-corrected chi connectivity index (χ1v) is 7.02. The average Bonchev–Trinajstić information content (AvgIpc) is 2.27. The molecule has 0 fully saturated rings. The van der Waals surface area contributed by atoms with Crippen molar-refractivity contribution in [3.8, 4) is 0 Å². The Kier molecular flexibility index (Phi) is 259. The normalized spacial score (nSPS) is 4.71. The average molecular weight is 329 g/mol. The van der Waals surface area contributed by atoms with E-state index in [9.17, 15) is 12.6 Å². The Hall–Kier alpha value is -0.0836. The molecule has 0 saturated carbocycles. The summed E-state index contributed by atoms with van der Waals surface area (Å²) in [7, 11) is -4.26. The van der Waals surface area contributed by atoms with Crippen LogP contribution in [0.25, 0.3) is 0 Å². The van der Waals surface area contributed by atoms with E-state index in [-0.39, 0.29) is 25.9 Å². The molecule has 0 aliphatic heterocycles. The summed E-state index contributed by atoms with van der Waals surface area (Å²) < 4.78 is 59.3. The Bertz CT molecular complexity index is 129. The molecule has 0 rings (SSSR count). The summed E-state index contributed by atoms with van der Waals surface area (Å²) in [6, 6.07) is 0. The fraction of sp³-hybridized carbons (Fsp3) is 0.429. The third kappa shape index (κ3) is 441000. The maximum atomic E-state index is 9.77. The molecule has 0 aliphatic rings. The Labute approximate surface area is 112 Å². The molecular weight excluding hydrogens is 319 g/mol. The van der Waals surface area contributed by atoms with Gasteiger partial charge in [0.25, 0.3) is 0 Å². The van der Waals surface area contributed by atoms with Crippen LogP contribution < -0.4 is 0 Å². The van der Waals surface area contributed by atoms with E-state index in [0.29, 0.717) is 0 Å². The van der Waals surface area contributed by atoms with Crippen molar-refractivity contribution in [3.63, 3.8) is 0 Å². The summed E-state index contributed by atoms with van der Waals surface area (Å²) in [5, 5.41) is 0. The maximum Gasteiger partial charge on any atom is 0 e. The van der Waals surface area contributed by atoms with E-state index < -0.39 is 8.85 Å². The van der Waals surface area contributed by atoms with Gasteiger partial charge in [-0.15, -0.1) is 0 Å². The van der Waals surface area contributed by atoms with Gasteiger partial charge < -0.3 is 0 Å². The summed E-state index contributed by atoms with van der Waals surface area (Å²) >= 11 is 0. The van der Waals surface area contributed by atoms with Crippen LogP contribution in [0.3, 0.4) is 0 Å². The van der Waals surface area contributed by atoms with Gasteiger partial charge in [-0.05, 0) is 0 Å². The molecule has 10 heteroatoms. The summed E-state index contributed by atoms with van der Waals surface area (Å²) in [5.74, 6) is 0. The van der Waals surface area contributed by atoms with E-state index in [1.54, 1.807) is 0 Å². The minimum absolute atomic E-state index is 0. The zero-order valence-corrected chi connectivity index (χ0v) is 12.3. The van der Waals surface area contributed by atoms with Crippen LogP contribution >= 0.6 is 8.85 Å². The van der Waals surface area contributed by atoms with Gasteiger partial charge in [0.05, 0.1) is 0 Å². The third-order valence-electron chi connectivity index (χ3n) is 0. The predicted molar refractivity (Wildman–Crippen MR) is 50.7 cm³/mol. The first-order valence-electron chi connectivity index (χ1n) is 2.88. The van der Waals surface area contributed by atoms with E-state index in [0.717, 1.165) is 0 Å². The molecule has 0 N–H and O–H groups in total. The Morgan fingerprint density at radius 1 is 0.706 bits per heavy atom. The van der Waals surface area contributed by atoms with Gasteiger partial charge in [-0.3, -0.25) is 0 Å². The van der Waals surface area contributed by atoms with E-state index >= 15 is 0 Å². The molecule has 0 aromatic carbocycles. The Morgan fingerprint density at radius 2 is 0.706 bits per heavy atom. The molecule has 0 heterocycles. The topological polar surface area (TPSA) is 79.6 Å². The van der Waals surface area contributed by atoms with Crippen LogP contribution in [-0.2, 0) is 35.7 Å². The minimum Gasteiger partial charge on any atom is 0 e. The number of hydrogen-bond acceptors (Lipinski definition) is 0. The van der Waals surface area contributed by atoms with Crippen molar-refractivity contribution in [1.82, 2.24) is 0 Å². The van der Waals surface area contributed by atoms with Crippen molar-refractivity contribution in [2.24, 2.45) is 0 Å². The molecule has 0 spiro atoms. The zero-order chi connectivity index (χ0) is 15.2. The van der Waals surface area contributed by atoms with Crippen molar-refractivity contribution in [1.29, 1.82) is 0 Å². The Morgan fingerprint density at radius 3 is 0.706 bits per heavy atom. The molecule has 0 unspecified atom stereocenters. The van der Waals surface area contributed by atoms with Crippen molar-refractivity contribution in [2.45, 2.75) is 19.6 Å². The van der Waals surface area contributed by atoms with Gasteiger partial charge in [-0.2, -0.15) is 0 Å². The van der Waals surface area contributed by atoms with Crippen LogP contribution in [0, 0.1) is 26.6 Å². The molecular formula is C7H10F3MnO4PSi+. The second-order valence-electron chi connectivity index (χ2n) is 1.71. The van der Waals surface area contributed by atoms with Gasteiger partial charge in [0.1, 0.15) is 0 Å². The smallest absolute Gasteiger partial charge is 0 e. The monoisotopic (exact) mass is 329 g/mol. The summed E-state index contributed by atoms with van der Waals surface area (Å²) in [6.07, 6.45) is 0. The molecule has 0 aliphatic carbocycles. The van der Waals surface area contributed by atoms with Crippen molar-refractivity contribution < 1.29 is 48.3 Å². The molecule has 0 amide bonds. The molecule has 0 atom stereocenters. The van der Waals surface area contributed by atoms with Gasteiger partial charge in [0.15, 0.2) is 0 Å². The van der Waals surface area contributed by atoms with Gasteiger partial charge in [0, 0.05) is 38.5 Å². The second-order valence-corrected chi connectivity index (χ2v) is 5.14. The number of rotatable bonds is 0. The fourth-order valence-corrected chi connectivity index (χ4v) is 0. The SMILES string of the molecule is C[Si](C)C.F[PH+](F)F.[C-]#[O+].[C-]#[O+].[C-]#[O+].[C-]#[O+].[Mn]. The molecule has 2 radical (unpaired) electrons. The van der Waals surface area contributed by atoms with E-state index in [4.69, 9.17) is 18.6 Å². The molecule has 4 nitrogen and oxygen atoms in total. The predicted octanol–water partition coefficient (Wildman–Crippen LogP) is 3.07. The molecule has 98 valence electrons. The maximum absolute atomic E-state index is 9.77. The van der Waals surface area contributed by atoms with E-state index in [2.05, 4.69) is 46.2 Å². The van der Waals surface area contributed by atoms with Crippen molar-refractivity contribution in [3.05, 3.63) is 26.6 Å². The number of hydrogen-bond donors (Lipinski definition) is 0. The van der Waals surface area contributed by atoms with Crippen LogP contribution in [0.5, 0.6) is 0 Å². The third-order valence-corrected chi connectivity index (χ3v) is 0. The van der Waals surface area contributed by atoms with Gasteiger partial charge in [-0.1, -0.05) is 19.6 Å². The van der Waals surface area contributed by atoms with Crippen molar-refractivity contribution >= 4 is 17.7 Å². The zero-order valence-electron chi connectivity index (χ0n) is 9.14. The first kappa shape index (κ1) is 43.6. The van der Waals surface area contributed by atoms with Crippen LogP contribution in [0.4, 0.5) is 12.6 Å². The molecule has 17 heavy (non-hydrogen) atoms. The van der Waals surface area contributed by atoms with Gasteiger partial charge in [-0.25, -0.2) is 0 Å². The van der Waals surface area contributed by atoms with Gasteiger partial charge in [0.2, 0.25) is 0 Å². The minimum atomic E-state index is -4.38. The quantitative estimate of drug-likeness (QED) is 0.283. The molecule has 0 saturated heterocycles. The molecule has 0 aromatic rings. The molecule has 0 aromatic heterocycles. The largest absolute Gasteiger partial charge is 0 e. The van der Waals surface area contributed by atoms with Gasteiger partial charge >= 0.3 is 54.1 Å². The standard InChI is InChI=1S/C3H9Si.4CO.F3HP.Mn/c1-4(2)3;4*1-2;1-4(2)3;/h1-3H3;;;;;4H;/q;;;;;+1;. The Balaban J connectivity index is -0.0000000146. The van der Waals surface area contributed by atoms with Crippen LogP contribution in [0.2, 0.25) is 19.6 Å². The van der Waals surface area contributed by atoms with Crippen molar-refractivity contribution in [2.75, 3.05) is 0 Å². The van der Waals surface area contributed by atoms with Crippen LogP contribution in [0.15, 0.2) is 0 Å². The van der Waals surface area contributed by atoms with Crippen LogP contribution in [0.1, 0.15) is 0 Å². The fourth-order valence-electron chi connectivity index (χ4n) is 0. The summed E-state index contributed by atoms with van der Waals surface area (Å²) in [5.41, 5.74) is 0. The van der Waals surface area contributed by atoms with E-state index in [1.165, 1.54) is 0 Å². The summed E-state index contributed by atoms with van der Waals surface area (Å²) in [4.78, 5) is 0. The van der Waals surface area contributed by atoms with Crippen LogP contribution in [-0.4, -0.2) is 8.80 Å². The first-order chi connectivity index (χ1) is 7.46. The van der Waals surface area contributed by atoms with E-state index in [1.807, 2.05) is 0 Å². The summed E-state index contributed by atoms with van der Waals surface area (Å²) in [6.45, 7) is 24.8.